The van der Waals surface area contributed by atoms with E-state index in [-0.39, 0.29) is 0 Å². The molecule has 1 nitrogen and oxygen atoms in total. The molecule has 1 unspecified atom stereocenters. The maximum Gasteiger partial charge on any atom is 0.191 e. The highest BCUT2D eigenvalue weighted by atomic mass is 28.4. The quantitative estimate of drug-likeness (QED) is 0.237. The van der Waals surface area contributed by atoms with E-state index >= 15 is 0 Å². The summed E-state index contributed by atoms with van der Waals surface area (Å²) in [7, 11) is -1.51. The summed E-state index contributed by atoms with van der Waals surface area (Å²) in [6.45, 7) is 12.6. The molecule has 0 aliphatic heterocycles. The van der Waals surface area contributed by atoms with E-state index in [1.807, 2.05) is 0 Å². The van der Waals surface area contributed by atoms with Crippen LogP contribution in [0.2, 0.25) is 18.1 Å². The monoisotopic (exact) mass is 324 g/mol. The van der Waals surface area contributed by atoms with E-state index in [2.05, 4.69) is 46.0 Å². The van der Waals surface area contributed by atoms with Gasteiger partial charge in [-0.15, -0.1) is 0 Å². The van der Waals surface area contributed by atoms with Gasteiger partial charge in [0.05, 0.1) is 0 Å². The van der Waals surface area contributed by atoms with Gasteiger partial charge in [0.1, 0.15) is 0 Å². The molecule has 2 heteroatoms. The molecule has 0 N–H and O–H groups in total. The molecular weight excluding hydrogens is 284 g/mol. The molecule has 0 spiro atoms. The van der Waals surface area contributed by atoms with Gasteiger partial charge in [-0.25, -0.2) is 0 Å². The summed E-state index contributed by atoms with van der Waals surface area (Å²) in [4.78, 5) is 0. The predicted octanol–water partition coefficient (Wildman–Crippen LogP) is 7.10. The van der Waals surface area contributed by atoms with E-state index in [1.165, 1.54) is 64.2 Å². The number of hydrogen-bond donors (Lipinski definition) is 0. The maximum atomic E-state index is 6.23. The third kappa shape index (κ3) is 7.96. The van der Waals surface area contributed by atoms with Gasteiger partial charge in [-0.2, -0.15) is 0 Å². The van der Waals surface area contributed by atoms with Crippen molar-refractivity contribution in [3.8, 4) is 0 Å². The van der Waals surface area contributed by atoms with Gasteiger partial charge in [0, 0.05) is 6.61 Å². The second-order valence-electron chi connectivity index (χ2n) is 8.67. The van der Waals surface area contributed by atoms with Gasteiger partial charge >= 0.3 is 0 Å². The number of hydrogen-bond acceptors (Lipinski definition) is 1. The highest BCUT2D eigenvalue weighted by Crippen LogP contribution is 2.36. The van der Waals surface area contributed by atoms with Gasteiger partial charge in [-0.1, -0.05) is 71.4 Å². The molecule has 0 heterocycles. The van der Waals surface area contributed by atoms with Crippen LogP contribution >= 0.6 is 0 Å². The van der Waals surface area contributed by atoms with Crippen LogP contribution in [0.1, 0.15) is 85.0 Å². The van der Waals surface area contributed by atoms with Crippen LogP contribution in [0.3, 0.4) is 0 Å². The summed E-state index contributed by atoms with van der Waals surface area (Å²) in [6, 6.07) is 0. The Balaban J connectivity index is 1.90. The van der Waals surface area contributed by atoms with Crippen LogP contribution in [0.25, 0.3) is 0 Å². The Labute approximate surface area is 141 Å². The molecular formula is C20H40OSi. The van der Waals surface area contributed by atoms with Crippen LogP contribution in [-0.2, 0) is 4.43 Å². The normalized spacial score (nSPS) is 19.6. The Morgan fingerprint density at radius 1 is 0.955 bits per heavy atom. The van der Waals surface area contributed by atoms with Crippen LogP contribution in [0.15, 0.2) is 12.2 Å². The molecule has 0 saturated heterocycles. The largest absolute Gasteiger partial charge is 0.417 e. The van der Waals surface area contributed by atoms with Crippen LogP contribution in [0, 0.1) is 5.92 Å². The van der Waals surface area contributed by atoms with Crippen molar-refractivity contribution in [2.75, 3.05) is 6.61 Å². The standard InChI is InChI=1S/C20H40OSi/c1-20(2,3)22(4,5)21-18-14-9-7-6-8-11-15-19-16-12-10-13-17-19/h10,12,19H,6-9,11,13-18H2,1-5H3. The van der Waals surface area contributed by atoms with Crippen molar-refractivity contribution < 1.29 is 4.43 Å². The van der Waals surface area contributed by atoms with Crippen LogP contribution in [0.4, 0.5) is 0 Å². The molecule has 1 rings (SSSR count). The maximum absolute atomic E-state index is 6.23. The van der Waals surface area contributed by atoms with E-state index in [1.54, 1.807) is 0 Å². The molecule has 1 aliphatic carbocycles. The molecule has 0 amide bonds. The van der Waals surface area contributed by atoms with E-state index < -0.39 is 8.32 Å². The minimum absolute atomic E-state index is 0.349. The van der Waals surface area contributed by atoms with Crippen LogP contribution in [-0.4, -0.2) is 14.9 Å². The lowest BCUT2D eigenvalue weighted by Crippen LogP contribution is -2.40. The molecule has 22 heavy (non-hydrogen) atoms. The van der Waals surface area contributed by atoms with E-state index in [0.29, 0.717) is 5.04 Å². The van der Waals surface area contributed by atoms with Crippen molar-refractivity contribution in [2.24, 2.45) is 5.92 Å². The Morgan fingerprint density at radius 3 is 2.18 bits per heavy atom. The molecule has 0 aromatic heterocycles. The fourth-order valence-corrected chi connectivity index (χ4v) is 3.99. The van der Waals surface area contributed by atoms with Crippen LogP contribution in [0.5, 0.6) is 0 Å². The van der Waals surface area contributed by atoms with Crippen molar-refractivity contribution in [3.63, 3.8) is 0 Å². The third-order valence-corrected chi connectivity index (χ3v) is 10.2. The molecule has 0 fully saturated rings. The van der Waals surface area contributed by atoms with Crippen molar-refractivity contribution in [1.29, 1.82) is 0 Å². The SMILES string of the molecule is CC(C)(C)[Si](C)(C)OCCCCCCCCC1CC=CCC1. The Kier molecular flexibility index (Phi) is 9.00. The van der Waals surface area contributed by atoms with Gasteiger partial charge in [0.25, 0.3) is 0 Å². The van der Waals surface area contributed by atoms with E-state index in [0.717, 1.165) is 12.5 Å². The first-order valence-corrected chi connectivity index (χ1v) is 12.5. The summed E-state index contributed by atoms with van der Waals surface area (Å²) in [5.41, 5.74) is 0. The second-order valence-corrected chi connectivity index (χ2v) is 13.5. The summed E-state index contributed by atoms with van der Waals surface area (Å²) in [5.74, 6) is 0.989. The van der Waals surface area contributed by atoms with E-state index in [9.17, 15) is 0 Å². The second kappa shape index (κ2) is 9.92. The smallest absolute Gasteiger partial charge is 0.191 e. The van der Waals surface area contributed by atoms with Gasteiger partial charge in [0.2, 0.25) is 0 Å². The molecule has 0 saturated carbocycles. The first kappa shape index (κ1) is 20.0. The van der Waals surface area contributed by atoms with E-state index in [4.69, 9.17) is 4.43 Å². The fraction of sp³-hybridized carbons (Fsp3) is 0.900. The minimum Gasteiger partial charge on any atom is -0.417 e. The lowest BCUT2D eigenvalue weighted by molar-refractivity contribution is 0.277. The summed E-state index contributed by atoms with van der Waals surface area (Å²) < 4.78 is 6.23. The molecule has 1 aliphatic rings. The van der Waals surface area contributed by atoms with Gasteiger partial charge in [-0.3, -0.25) is 0 Å². The number of allylic oxidation sites excluding steroid dienone is 2. The van der Waals surface area contributed by atoms with Gasteiger partial charge in [-0.05, 0) is 49.7 Å². The van der Waals surface area contributed by atoms with Crippen molar-refractivity contribution in [1.82, 2.24) is 0 Å². The van der Waals surface area contributed by atoms with Crippen LogP contribution < -0.4 is 0 Å². The average Bonchev–Trinajstić information content (AvgIpc) is 2.45. The first-order valence-electron chi connectivity index (χ1n) is 9.62. The summed E-state index contributed by atoms with van der Waals surface area (Å²) in [6.07, 6.45) is 18.6. The molecule has 130 valence electrons. The summed E-state index contributed by atoms with van der Waals surface area (Å²) >= 11 is 0. The molecule has 1 atom stereocenters. The molecule has 0 radical (unpaired) electrons. The Hall–Kier alpha value is -0.0831. The lowest BCUT2D eigenvalue weighted by Gasteiger charge is -2.36. The zero-order valence-electron chi connectivity index (χ0n) is 15.9. The zero-order chi connectivity index (χ0) is 16.5. The highest BCUT2D eigenvalue weighted by molar-refractivity contribution is 6.74. The van der Waals surface area contributed by atoms with Crippen molar-refractivity contribution in [3.05, 3.63) is 12.2 Å². The average molecular weight is 325 g/mol. The van der Waals surface area contributed by atoms with Crippen molar-refractivity contribution in [2.45, 2.75) is 103 Å². The third-order valence-electron chi connectivity index (χ3n) is 5.65. The minimum atomic E-state index is -1.51. The summed E-state index contributed by atoms with van der Waals surface area (Å²) in [5, 5.41) is 0.349. The van der Waals surface area contributed by atoms with Crippen molar-refractivity contribution >= 4 is 8.32 Å². The Bertz CT molecular complexity index is 314. The highest BCUT2D eigenvalue weighted by Gasteiger charge is 2.36. The topological polar surface area (TPSA) is 9.23 Å². The molecule has 0 aromatic carbocycles. The first-order chi connectivity index (χ1) is 10.3. The number of unbranched alkanes of at least 4 members (excludes halogenated alkanes) is 5. The lowest BCUT2D eigenvalue weighted by atomic mass is 9.89. The number of rotatable bonds is 10. The fourth-order valence-electron chi connectivity index (χ4n) is 2.90. The molecule has 0 aromatic rings. The Morgan fingerprint density at radius 2 is 1.59 bits per heavy atom. The predicted molar refractivity (Wildman–Crippen MR) is 102 cm³/mol. The zero-order valence-corrected chi connectivity index (χ0v) is 16.9. The molecule has 0 bridgehead atoms. The van der Waals surface area contributed by atoms with Gasteiger partial charge < -0.3 is 4.43 Å². The van der Waals surface area contributed by atoms with Gasteiger partial charge in [0.15, 0.2) is 8.32 Å².